The van der Waals surface area contributed by atoms with Gasteiger partial charge in [-0.2, -0.15) is 0 Å². The molecule has 0 bridgehead atoms. The molecule has 1 heterocycles. The van der Waals surface area contributed by atoms with Gasteiger partial charge in [-0.05, 0) is 49.4 Å². The molecule has 1 aromatic carbocycles. The van der Waals surface area contributed by atoms with Gasteiger partial charge in [-0.3, -0.25) is 4.79 Å². The van der Waals surface area contributed by atoms with Gasteiger partial charge in [0.15, 0.2) is 0 Å². The number of hydrogen-bond donors (Lipinski definition) is 1. The summed E-state index contributed by atoms with van der Waals surface area (Å²) in [5.41, 5.74) is 2.16. The number of halogens is 2. The molecule has 0 unspecified atom stereocenters. The maximum atomic E-state index is 10.6. The Morgan fingerprint density at radius 2 is 2.19 bits per heavy atom. The number of rotatable bonds is 3. The molecule has 1 aliphatic rings. The quantitative estimate of drug-likeness (QED) is 0.911. The molecular formula is C11H10Br2O3. The summed E-state index contributed by atoms with van der Waals surface area (Å²) in [4.78, 5) is 10.6. The van der Waals surface area contributed by atoms with Crippen molar-refractivity contribution < 1.29 is 14.6 Å². The van der Waals surface area contributed by atoms with Crippen LogP contribution in [0.25, 0.3) is 0 Å². The zero-order valence-corrected chi connectivity index (χ0v) is 11.6. The van der Waals surface area contributed by atoms with Crippen molar-refractivity contribution in [2.24, 2.45) is 0 Å². The molecule has 0 radical (unpaired) electrons. The molecule has 0 atom stereocenters. The fraction of sp³-hybridized carbons (Fsp3) is 0.364. The van der Waals surface area contributed by atoms with Crippen molar-refractivity contribution in [3.8, 4) is 5.75 Å². The molecule has 0 fully saturated rings. The minimum Gasteiger partial charge on any atom is -0.492 e. The second kappa shape index (κ2) is 4.75. The zero-order chi connectivity index (χ0) is 11.7. The van der Waals surface area contributed by atoms with Gasteiger partial charge in [-0.1, -0.05) is 6.07 Å². The lowest BCUT2D eigenvalue weighted by Crippen LogP contribution is -1.99. The molecule has 1 aliphatic heterocycles. The number of aryl methyl sites for hydroxylation is 1. The first-order valence-electron chi connectivity index (χ1n) is 4.94. The van der Waals surface area contributed by atoms with Gasteiger partial charge < -0.3 is 9.84 Å². The molecular weight excluding hydrogens is 340 g/mol. The summed E-state index contributed by atoms with van der Waals surface area (Å²) in [6.45, 7) is 0.697. The third-order valence-corrected chi connectivity index (χ3v) is 4.73. The number of hydrogen-bond acceptors (Lipinski definition) is 2. The summed E-state index contributed by atoms with van der Waals surface area (Å²) in [5, 5.41) is 8.68. The fourth-order valence-electron chi connectivity index (χ4n) is 1.75. The minimum absolute atomic E-state index is 0.144. The molecule has 2 rings (SSSR count). The number of carboxylic acids is 1. The van der Waals surface area contributed by atoms with Crippen LogP contribution < -0.4 is 4.74 Å². The van der Waals surface area contributed by atoms with Crippen LogP contribution in [-0.4, -0.2) is 17.7 Å². The lowest BCUT2D eigenvalue weighted by atomic mass is 10.0. The normalized spacial score (nSPS) is 13.4. The van der Waals surface area contributed by atoms with E-state index < -0.39 is 5.97 Å². The molecule has 0 saturated carbocycles. The van der Waals surface area contributed by atoms with Gasteiger partial charge in [0.2, 0.25) is 0 Å². The largest absolute Gasteiger partial charge is 0.492 e. The van der Waals surface area contributed by atoms with Crippen LogP contribution in [0, 0.1) is 0 Å². The number of ether oxygens (including phenoxy) is 1. The standard InChI is InChI=1S/C11H10Br2O3/c12-9-6(1-2-8(14)15)5-7-3-4-16-11(7)10(9)13/h5H,1-4H2,(H,14,15). The molecule has 0 amide bonds. The van der Waals surface area contributed by atoms with E-state index in [0.717, 1.165) is 32.2 Å². The zero-order valence-electron chi connectivity index (χ0n) is 8.43. The van der Waals surface area contributed by atoms with E-state index in [1.165, 1.54) is 0 Å². The van der Waals surface area contributed by atoms with Gasteiger partial charge in [0, 0.05) is 17.3 Å². The van der Waals surface area contributed by atoms with E-state index in [0.29, 0.717) is 13.0 Å². The van der Waals surface area contributed by atoms with Gasteiger partial charge in [-0.25, -0.2) is 0 Å². The Morgan fingerprint density at radius 3 is 2.88 bits per heavy atom. The Bertz CT molecular complexity index is 443. The Hall–Kier alpha value is -0.550. The number of carboxylic acid groups (broad SMARTS) is 1. The predicted octanol–water partition coefficient (Wildman–Crippen LogP) is 3.16. The van der Waals surface area contributed by atoms with Crippen molar-refractivity contribution in [3.63, 3.8) is 0 Å². The summed E-state index contributed by atoms with van der Waals surface area (Å²) in [6.07, 6.45) is 1.56. The van der Waals surface area contributed by atoms with Gasteiger partial charge in [-0.15, -0.1) is 0 Å². The molecule has 86 valence electrons. The van der Waals surface area contributed by atoms with Crippen LogP contribution >= 0.6 is 31.9 Å². The maximum Gasteiger partial charge on any atom is 0.303 e. The van der Waals surface area contributed by atoms with Gasteiger partial charge in [0.1, 0.15) is 5.75 Å². The van der Waals surface area contributed by atoms with E-state index >= 15 is 0 Å². The van der Waals surface area contributed by atoms with Crippen molar-refractivity contribution >= 4 is 37.8 Å². The maximum absolute atomic E-state index is 10.6. The van der Waals surface area contributed by atoms with Crippen molar-refractivity contribution in [1.82, 2.24) is 0 Å². The van der Waals surface area contributed by atoms with Crippen LogP contribution in [-0.2, 0) is 17.6 Å². The highest BCUT2D eigenvalue weighted by molar-refractivity contribution is 9.13. The van der Waals surface area contributed by atoms with Crippen LogP contribution in [0.15, 0.2) is 15.0 Å². The number of carbonyl (C=O) groups is 1. The summed E-state index contributed by atoms with van der Waals surface area (Å²) < 4.78 is 7.29. The molecule has 0 aliphatic carbocycles. The highest BCUT2D eigenvalue weighted by Crippen LogP contribution is 2.41. The van der Waals surface area contributed by atoms with E-state index in [4.69, 9.17) is 9.84 Å². The van der Waals surface area contributed by atoms with E-state index in [1.54, 1.807) is 0 Å². The Kier molecular flexibility index (Phi) is 3.54. The third-order valence-electron chi connectivity index (χ3n) is 2.54. The fourth-order valence-corrected chi connectivity index (χ4v) is 2.87. The van der Waals surface area contributed by atoms with E-state index in [2.05, 4.69) is 31.9 Å². The topological polar surface area (TPSA) is 46.5 Å². The van der Waals surface area contributed by atoms with Gasteiger partial charge in [0.25, 0.3) is 0 Å². The average molecular weight is 350 g/mol. The van der Waals surface area contributed by atoms with Gasteiger partial charge in [0.05, 0.1) is 11.1 Å². The van der Waals surface area contributed by atoms with Crippen LogP contribution in [0.1, 0.15) is 17.5 Å². The lowest BCUT2D eigenvalue weighted by molar-refractivity contribution is -0.136. The molecule has 1 aromatic rings. The monoisotopic (exact) mass is 348 g/mol. The van der Waals surface area contributed by atoms with Crippen molar-refractivity contribution in [3.05, 3.63) is 26.1 Å². The van der Waals surface area contributed by atoms with Crippen molar-refractivity contribution in [2.75, 3.05) is 6.61 Å². The summed E-state index contributed by atoms with van der Waals surface area (Å²) >= 11 is 6.93. The highest BCUT2D eigenvalue weighted by Gasteiger charge is 2.20. The van der Waals surface area contributed by atoms with Crippen LogP contribution in [0.4, 0.5) is 0 Å². The summed E-state index contributed by atoms with van der Waals surface area (Å²) in [5.74, 6) is 0.103. The van der Waals surface area contributed by atoms with E-state index in [-0.39, 0.29) is 6.42 Å². The van der Waals surface area contributed by atoms with Crippen LogP contribution in [0.3, 0.4) is 0 Å². The Labute approximate surface area is 110 Å². The lowest BCUT2D eigenvalue weighted by Gasteiger charge is -2.09. The molecule has 3 nitrogen and oxygen atoms in total. The number of aliphatic carboxylic acids is 1. The second-order valence-electron chi connectivity index (χ2n) is 3.64. The summed E-state index contributed by atoms with van der Waals surface area (Å²) in [6, 6.07) is 2.03. The van der Waals surface area contributed by atoms with Crippen molar-refractivity contribution in [1.29, 1.82) is 0 Å². The first-order valence-corrected chi connectivity index (χ1v) is 6.52. The van der Waals surface area contributed by atoms with E-state index in [9.17, 15) is 4.79 Å². The molecule has 0 aromatic heterocycles. The third kappa shape index (κ3) is 2.25. The van der Waals surface area contributed by atoms with Crippen LogP contribution in [0.5, 0.6) is 5.75 Å². The number of fused-ring (bicyclic) bond motifs is 1. The smallest absolute Gasteiger partial charge is 0.303 e. The highest BCUT2D eigenvalue weighted by atomic mass is 79.9. The molecule has 5 heteroatoms. The predicted molar refractivity (Wildman–Crippen MR) is 67.0 cm³/mol. The molecule has 1 N–H and O–H groups in total. The number of benzene rings is 1. The molecule has 0 saturated heterocycles. The Balaban J connectivity index is 2.32. The average Bonchev–Trinajstić information content (AvgIpc) is 2.69. The first-order chi connectivity index (χ1) is 7.59. The van der Waals surface area contributed by atoms with Crippen molar-refractivity contribution in [2.45, 2.75) is 19.3 Å². The second-order valence-corrected chi connectivity index (χ2v) is 5.23. The molecule has 0 spiro atoms. The summed E-state index contributed by atoms with van der Waals surface area (Å²) in [7, 11) is 0. The SMILES string of the molecule is O=C(O)CCc1cc2c(c(Br)c1Br)OCC2. The first kappa shape index (κ1) is 11.9. The van der Waals surface area contributed by atoms with E-state index in [1.807, 2.05) is 6.07 Å². The molecule has 16 heavy (non-hydrogen) atoms. The minimum atomic E-state index is -0.778. The Morgan fingerprint density at radius 1 is 1.44 bits per heavy atom. The van der Waals surface area contributed by atoms with Gasteiger partial charge >= 0.3 is 5.97 Å². The van der Waals surface area contributed by atoms with Crippen LogP contribution in [0.2, 0.25) is 0 Å².